The van der Waals surface area contributed by atoms with Crippen molar-refractivity contribution in [1.29, 1.82) is 0 Å². The van der Waals surface area contributed by atoms with Crippen molar-refractivity contribution in [3.63, 3.8) is 0 Å². The van der Waals surface area contributed by atoms with Gasteiger partial charge in [-0.25, -0.2) is 5.90 Å². The molecule has 2 N–H and O–H groups in total. The summed E-state index contributed by atoms with van der Waals surface area (Å²) in [6.45, 7) is 0.000305. The number of rotatable bonds is 4. The predicted molar refractivity (Wildman–Crippen MR) is 48.6 cm³/mol. The maximum atomic E-state index is 10.6. The minimum atomic E-state index is -0.503. The van der Waals surface area contributed by atoms with Gasteiger partial charge >= 0.3 is 0 Å². The predicted octanol–water partition coefficient (Wildman–Crippen LogP) is 0.994. The smallest absolute Gasteiger partial charge is 0.278 e. The molecule has 0 spiro atoms. The summed E-state index contributed by atoms with van der Waals surface area (Å²) in [5.41, 5.74) is 0.355. The van der Waals surface area contributed by atoms with Crippen molar-refractivity contribution in [3.8, 4) is 5.75 Å². The van der Waals surface area contributed by atoms with Gasteiger partial charge in [0.1, 0.15) is 5.75 Å². The van der Waals surface area contributed by atoms with Gasteiger partial charge in [0.05, 0.1) is 30.3 Å². The molecule has 0 aliphatic heterocycles. The molecule has 1 aromatic carbocycles. The van der Waals surface area contributed by atoms with Crippen molar-refractivity contribution in [3.05, 3.63) is 33.9 Å². The van der Waals surface area contributed by atoms with Gasteiger partial charge < -0.3 is 4.74 Å². The molecule has 0 atom stereocenters. The van der Waals surface area contributed by atoms with Gasteiger partial charge in [0.25, 0.3) is 5.69 Å². The van der Waals surface area contributed by atoms with Crippen LogP contribution in [0.2, 0.25) is 0 Å². The van der Waals surface area contributed by atoms with Crippen LogP contribution >= 0.6 is 0 Å². The highest BCUT2D eigenvalue weighted by Gasteiger charge is 2.14. The van der Waals surface area contributed by atoms with Gasteiger partial charge in [0.2, 0.25) is 0 Å². The molecule has 0 saturated carbocycles. The van der Waals surface area contributed by atoms with Crippen LogP contribution in [-0.4, -0.2) is 12.0 Å². The first-order valence-electron chi connectivity index (χ1n) is 3.82. The minimum Gasteiger partial charge on any atom is -0.497 e. The topological polar surface area (TPSA) is 87.6 Å². The summed E-state index contributed by atoms with van der Waals surface area (Å²) in [5, 5.41) is 10.6. The monoisotopic (exact) mass is 198 g/mol. The third kappa shape index (κ3) is 2.18. The highest BCUT2D eigenvalue weighted by molar-refractivity contribution is 5.45. The Morgan fingerprint density at radius 2 is 2.29 bits per heavy atom. The SMILES string of the molecule is COc1ccc(CON)c([N+](=O)[O-])c1. The molecule has 0 unspecified atom stereocenters. The van der Waals surface area contributed by atoms with E-state index in [9.17, 15) is 10.1 Å². The minimum absolute atomic E-state index is 0.000305. The highest BCUT2D eigenvalue weighted by atomic mass is 16.6. The molecular formula is C8H10N2O4. The molecule has 0 aliphatic rings. The number of hydrogen-bond donors (Lipinski definition) is 1. The van der Waals surface area contributed by atoms with E-state index in [0.717, 1.165) is 0 Å². The van der Waals surface area contributed by atoms with Gasteiger partial charge in [-0.3, -0.25) is 15.0 Å². The van der Waals surface area contributed by atoms with E-state index in [-0.39, 0.29) is 12.3 Å². The first kappa shape index (κ1) is 10.4. The van der Waals surface area contributed by atoms with Crippen molar-refractivity contribution < 1.29 is 14.5 Å². The summed E-state index contributed by atoms with van der Waals surface area (Å²) in [6.07, 6.45) is 0. The van der Waals surface area contributed by atoms with Gasteiger partial charge in [0.15, 0.2) is 0 Å². The Morgan fingerprint density at radius 1 is 1.57 bits per heavy atom. The number of nitro benzene ring substituents is 1. The summed E-state index contributed by atoms with van der Waals surface area (Å²) in [5.74, 6) is 5.27. The number of nitrogens with two attached hydrogens (primary N) is 1. The Kier molecular flexibility index (Phi) is 3.38. The lowest BCUT2D eigenvalue weighted by atomic mass is 10.2. The second-order valence-electron chi connectivity index (χ2n) is 2.56. The summed E-state index contributed by atoms with van der Waals surface area (Å²) in [4.78, 5) is 14.5. The third-order valence-electron chi connectivity index (χ3n) is 1.73. The average molecular weight is 198 g/mol. The highest BCUT2D eigenvalue weighted by Crippen LogP contribution is 2.24. The molecule has 1 aromatic rings. The zero-order chi connectivity index (χ0) is 10.6. The van der Waals surface area contributed by atoms with Crippen LogP contribution in [0, 0.1) is 10.1 Å². The summed E-state index contributed by atoms with van der Waals surface area (Å²) < 4.78 is 4.86. The molecule has 0 bridgehead atoms. The first-order chi connectivity index (χ1) is 6.69. The summed E-state index contributed by atoms with van der Waals surface area (Å²) >= 11 is 0. The van der Waals surface area contributed by atoms with Crippen LogP contribution < -0.4 is 10.6 Å². The van der Waals surface area contributed by atoms with Crippen LogP contribution in [0.3, 0.4) is 0 Å². The summed E-state index contributed by atoms with van der Waals surface area (Å²) in [6, 6.07) is 4.49. The van der Waals surface area contributed by atoms with Crippen LogP contribution in [-0.2, 0) is 11.4 Å². The van der Waals surface area contributed by atoms with Crippen molar-refractivity contribution >= 4 is 5.69 Å². The normalized spacial score (nSPS) is 9.86. The van der Waals surface area contributed by atoms with E-state index in [2.05, 4.69) is 4.84 Å². The maximum Gasteiger partial charge on any atom is 0.278 e. The lowest BCUT2D eigenvalue weighted by molar-refractivity contribution is -0.386. The molecule has 6 heteroatoms. The molecule has 76 valence electrons. The average Bonchev–Trinajstić information content (AvgIpc) is 2.18. The van der Waals surface area contributed by atoms with Crippen molar-refractivity contribution in [1.82, 2.24) is 0 Å². The van der Waals surface area contributed by atoms with Crippen LogP contribution in [0.15, 0.2) is 18.2 Å². The Balaban J connectivity index is 3.10. The molecule has 0 aliphatic carbocycles. The number of nitrogens with zero attached hydrogens (tertiary/aromatic N) is 1. The molecule has 6 nitrogen and oxygen atoms in total. The Bertz CT molecular complexity index is 340. The fraction of sp³-hybridized carbons (Fsp3) is 0.250. The maximum absolute atomic E-state index is 10.6. The molecular weight excluding hydrogens is 188 g/mol. The second-order valence-corrected chi connectivity index (χ2v) is 2.56. The second kappa shape index (κ2) is 4.54. The molecule has 0 saturated heterocycles. The van der Waals surface area contributed by atoms with E-state index >= 15 is 0 Å². The standard InChI is InChI=1S/C8H10N2O4/c1-13-7-3-2-6(5-14-9)8(4-7)10(11)12/h2-4H,5,9H2,1H3. The van der Waals surface area contributed by atoms with E-state index in [1.54, 1.807) is 12.1 Å². The molecule has 0 aromatic heterocycles. The van der Waals surface area contributed by atoms with Gasteiger partial charge in [-0.1, -0.05) is 0 Å². The Labute approximate surface area is 80.3 Å². The molecule has 1 rings (SSSR count). The van der Waals surface area contributed by atoms with Crippen LogP contribution in [0.1, 0.15) is 5.56 Å². The van der Waals surface area contributed by atoms with Gasteiger partial charge in [0, 0.05) is 0 Å². The quantitative estimate of drug-likeness (QED) is 0.575. The lowest BCUT2D eigenvalue weighted by Gasteiger charge is -2.03. The van der Waals surface area contributed by atoms with E-state index in [4.69, 9.17) is 10.6 Å². The fourth-order valence-electron chi connectivity index (χ4n) is 1.05. The third-order valence-corrected chi connectivity index (χ3v) is 1.73. The first-order valence-corrected chi connectivity index (χ1v) is 3.82. The van der Waals surface area contributed by atoms with E-state index < -0.39 is 4.92 Å². The zero-order valence-electron chi connectivity index (χ0n) is 7.60. The van der Waals surface area contributed by atoms with Crippen molar-refractivity contribution in [2.24, 2.45) is 5.90 Å². The van der Waals surface area contributed by atoms with Gasteiger partial charge in [-0.05, 0) is 12.1 Å². The molecule has 0 heterocycles. The van der Waals surface area contributed by atoms with Gasteiger partial charge in [-0.15, -0.1) is 0 Å². The number of methoxy groups -OCH3 is 1. The number of nitro groups is 1. The van der Waals surface area contributed by atoms with E-state index in [1.807, 2.05) is 0 Å². The van der Waals surface area contributed by atoms with Gasteiger partial charge in [-0.2, -0.15) is 0 Å². The lowest BCUT2D eigenvalue weighted by Crippen LogP contribution is -2.02. The van der Waals surface area contributed by atoms with E-state index in [0.29, 0.717) is 11.3 Å². The van der Waals surface area contributed by atoms with Crippen molar-refractivity contribution in [2.75, 3.05) is 7.11 Å². The molecule has 0 amide bonds. The molecule has 0 radical (unpaired) electrons. The number of hydrogen-bond acceptors (Lipinski definition) is 5. The number of benzene rings is 1. The number of ether oxygens (including phenoxy) is 1. The van der Waals surface area contributed by atoms with Crippen LogP contribution in [0.5, 0.6) is 5.75 Å². The van der Waals surface area contributed by atoms with Crippen LogP contribution in [0.4, 0.5) is 5.69 Å². The van der Waals surface area contributed by atoms with Crippen molar-refractivity contribution in [2.45, 2.75) is 6.61 Å². The largest absolute Gasteiger partial charge is 0.497 e. The Hall–Kier alpha value is -1.66. The summed E-state index contributed by atoms with van der Waals surface area (Å²) in [7, 11) is 1.44. The Morgan fingerprint density at radius 3 is 2.79 bits per heavy atom. The zero-order valence-corrected chi connectivity index (χ0v) is 7.60. The molecule has 0 fully saturated rings. The van der Waals surface area contributed by atoms with E-state index in [1.165, 1.54) is 13.2 Å². The molecule has 14 heavy (non-hydrogen) atoms. The van der Waals surface area contributed by atoms with Crippen LogP contribution in [0.25, 0.3) is 0 Å². The fourth-order valence-corrected chi connectivity index (χ4v) is 1.05.